The molecule has 0 saturated carbocycles. The molecule has 0 aliphatic carbocycles. The van der Waals surface area contributed by atoms with Gasteiger partial charge in [-0.2, -0.15) is 0 Å². The molecule has 3 nitrogen and oxygen atoms in total. The van der Waals surface area contributed by atoms with Gasteiger partial charge in [0.25, 0.3) is 0 Å². The van der Waals surface area contributed by atoms with E-state index in [-0.39, 0.29) is 11.9 Å². The molecule has 1 amide bonds. The Morgan fingerprint density at radius 2 is 2.22 bits per heavy atom. The Bertz CT molecular complexity index is 124. The normalized spacial score (nSPS) is 36.0. The molecule has 52 valence electrons. The summed E-state index contributed by atoms with van der Waals surface area (Å²) in [5.74, 6) is 0.105. The number of carbonyl (C=O) groups excluding carboxylic acids is 1. The van der Waals surface area contributed by atoms with E-state index in [2.05, 4.69) is 17.6 Å². The van der Waals surface area contributed by atoms with Crippen molar-refractivity contribution in [3.8, 4) is 0 Å². The fourth-order valence-corrected chi connectivity index (χ4v) is 0.968. The highest BCUT2D eigenvalue weighted by molar-refractivity contribution is 5.82. The molecule has 1 heterocycles. The van der Waals surface area contributed by atoms with Gasteiger partial charge in [0.15, 0.2) is 0 Å². The van der Waals surface area contributed by atoms with Crippen LogP contribution in [0.1, 0.15) is 13.8 Å². The average molecular weight is 128 g/mol. The second-order valence-electron chi connectivity index (χ2n) is 2.53. The lowest BCUT2D eigenvalue weighted by atomic mass is 10.2. The zero-order valence-electron chi connectivity index (χ0n) is 5.77. The molecule has 1 saturated heterocycles. The molecule has 3 heteroatoms. The summed E-state index contributed by atoms with van der Waals surface area (Å²) in [5, 5.41) is 5.90. The van der Waals surface area contributed by atoms with Crippen LogP contribution in [0.5, 0.6) is 0 Å². The summed E-state index contributed by atoms with van der Waals surface area (Å²) in [6, 6.07) is 0.395. The van der Waals surface area contributed by atoms with Crippen molar-refractivity contribution in [2.24, 2.45) is 0 Å². The van der Waals surface area contributed by atoms with Gasteiger partial charge in [0.1, 0.15) is 0 Å². The zero-order valence-corrected chi connectivity index (χ0v) is 5.77. The van der Waals surface area contributed by atoms with Crippen LogP contribution < -0.4 is 10.6 Å². The van der Waals surface area contributed by atoms with Crippen molar-refractivity contribution in [3.63, 3.8) is 0 Å². The summed E-state index contributed by atoms with van der Waals surface area (Å²) in [7, 11) is 0. The van der Waals surface area contributed by atoms with Crippen LogP contribution in [-0.4, -0.2) is 24.5 Å². The molecule has 0 aromatic heterocycles. The van der Waals surface area contributed by atoms with E-state index in [0.717, 1.165) is 6.54 Å². The van der Waals surface area contributed by atoms with Crippen molar-refractivity contribution in [1.29, 1.82) is 0 Å². The number of hydrogen-bond acceptors (Lipinski definition) is 2. The van der Waals surface area contributed by atoms with Gasteiger partial charge in [-0.15, -0.1) is 0 Å². The summed E-state index contributed by atoms with van der Waals surface area (Å²) in [6.45, 7) is 4.67. The molecule has 1 unspecified atom stereocenters. The fraction of sp³-hybridized carbons (Fsp3) is 0.833. The molecule has 9 heavy (non-hydrogen) atoms. The third-order valence-corrected chi connectivity index (χ3v) is 1.51. The first kappa shape index (κ1) is 6.55. The maximum Gasteiger partial charge on any atom is 0.236 e. The third kappa shape index (κ3) is 1.42. The Hall–Kier alpha value is -0.570. The highest BCUT2D eigenvalue weighted by Crippen LogP contribution is 1.92. The molecule has 0 radical (unpaired) electrons. The number of hydrogen-bond donors (Lipinski definition) is 2. The Morgan fingerprint density at radius 3 is 2.67 bits per heavy atom. The summed E-state index contributed by atoms with van der Waals surface area (Å²) in [4.78, 5) is 10.8. The first-order chi connectivity index (χ1) is 4.20. The molecule has 0 spiro atoms. The minimum absolute atomic E-state index is 0.0197. The van der Waals surface area contributed by atoms with E-state index < -0.39 is 0 Å². The molecule has 0 aromatic carbocycles. The molecular formula is C6H12N2O. The summed E-state index contributed by atoms with van der Waals surface area (Å²) < 4.78 is 0. The number of rotatable bonds is 0. The maximum atomic E-state index is 10.8. The van der Waals surface area contributed by atoms with Crippen LogP contribution in [0.3, 0.4) is 0 Å². The highest BCUT2D eigenvalue weighted by atomic mass is 16.2. The van der Waals surface area contributed by atoms with Gasteiger partial charge in [-0.05, 0) is 13.8 Å². The van der Waals surface area contributed by atoms with Gasteiger partial charge in [0, 0.05) is 12.6 Å². The fourth-order valence-electron chi connectivity index (χ4n) is 0.968. The van der Waals surface area contributed by atoms with Crippen molar-refractivity contribution in [2.75, 3.05) is 6.54 Å². The van der Waals surface area contributed by atoms with E-state index in [0.29, 0.717) is 6.04 Å². The summed E-state index contributed by atoms with van der Waals surface area (Å²) in [6.07, 6.45) is 0. The molecule has 2 N–H and O–H groups in total. The van der Waals surface area contributed by atoms with Crippen LogP contribution in [0, 0.1) is 0 Å². The van der Waals surface area contributed by atoms with E-state index in [4.69, 9.17) is 0 Å². The smallest absolute Gasteiger partial charge is 0.236 e. The van der Waals surface area contributed by atoms with Crippen molar-refractivity contribution in [1.82, 2.24) is 10.6 Å². The molecule has 0 bridgehead atoms. The Balaban J connectivity index is 2.44. The Morgan fingerprint density at radius 1 is 1.56 bits per heavy atom. The van der Waals surface area contributed by atoms with Crippen molar-refractivity contribution in [2.45, 2.75) is 25.9 Å². The molecule has 1 rings (SSSR count). The van der Waals surface area contributed by atoms with E-state index in [1.165, 1.54) is 0 Å². The maximum absolute atomic E-state index is 10.8. The average Bonchev–Trinajstić information content (AvgIpc) is 1.80. The van der Waals surface area contributed by atoms with E-state index >= 15 is 0 Å². The number of carbonyl (C=O) groups is 1. The van der Waals surface area contributed by atoms with Crippen molar-refractivity contribution >= 4 is 5.91 Å². The van der Waals surface area contributed by atoms with Crippen molar-refractivity contribution in [3.05, 3.63) is 0 Å². The van der Waals surface area contributed by atoms with E-state index in [9.17, 15) is 4.79 Å². The molecule has 1 fully saturated rings. The number of piperazine rings is 1. The highest BCUT2D eigenvalue weighted by Gasteiger charge is 2.19. The minimum atomic E-state index is -0.0197. The first-order valence-electron chi connectivity index (χ1n) is 3.24. The van der Waals surface area contributed by atoms with Crippen LogP contribution in [-0.2, 0) is 4.79 Å². The van der Waals surface area contributed by atoms with E-state index in [1.54, 1.807) is 0 Å². The molecule has 0 aromatic rings. The quantitative estimate of drug-likeness (QED) is 0.461. The summed E-state index contributed by atoms with van der Waals surface area (Å²) >= 11 is 0. The standard InChI is InChI=1S/C6H12N2O/c1-4-3-7-6(9)5(2)8-4/h4-5,8H,3H2,1-2H3,(H,7,9)/t4?,5-/m0/s1. The van der Waals surface area contributed by atoms with Crippen LogP contribution in [0.25, 0.3) is 0 Å². The van der Waals surface area contributed by atoms with Crippen LogP contribution in [0.2, 0.25) is 0 Å². The number of nitrogens with one attached hydrogen (secondary N) is 2. The predicted octanol–water partition coefficient (Wildman–Crippen LogP) is -0.517. The van der Waals surface area contributed by atoms with Gasteiger partial charge in [-0.25, -0.2) is 0 Å². The van der Waals surface area contributed by atoms with E-state index in [1.807, 2.05) is 6.92 Å². The largest absolute Gasteiger partial charge is 0.353 e. The van der Waals surface area contributed by atoms with Gasteiger partial charge in [0.05, 0.1) is 6.04 Å². The molecule has 1 aliphatic rings. The van der Waals surface area contributed by atoms with Crippen molar-refractivity contribution < 1.29 is 4.79 Å². The van der Waals surface area contributed by atoms with Gasteiger partial charge < -0.3 is 10.6 Å². The lowest BCUT2D eigenvalue weighted by Gasteiger charge is -2.25. The van der Waals surface area contributed by atoms with Crippen LogP contribution in [0.15, 0.2) is 0 Å². The lowest BCUT2D eigenvalue weighted by Crippen LogP contribution is -2.55. The summed E-state index contributed by atoms with van der Waals surface area (Å²) in [5.41, 5.74) is 0. The van der Waals surface area contributed by atoms with Gasteiger partial charge in [-0.3, -0.25) is 4.79 Å². The molecular weight excluding hydrogens is 116 g/mol. The minimum Gasteiger partial charge on any atom is -0.353 e. The third-order valence-electron chi connectivity index (χ3n) is 1.51. The monoisotopic (exact) mass is 128 g/mol. The topological polar surface area (TPSA) is 41.1 Å². The van der Waals surface area contributed by atoms with Gasteiger partial charge >= 0.3 is 0 Å². The van der Waals surface area contributed by atoms with Gasteiger partial charge in [0.2, 0.25) is 5.91 Å². The van der Waals surface area contributed by atoms with Crippen LogP contribution >= 0.6 is 0 Å². The second kappa shape index (κ2) is 2.35. The molecule has 2 atom stereocenters. The SMILES string of the molecule is CC1CNC(=O)[C@H](C)N1. The Kier molecular flexibility index (Phi) is 1.71. The zero-order chi connectivity index (χ0) is 6.85. The predicted molar refractivity (Wildman–Crippen MR) is 35.1 cm³/mol. The first-order valence-corrected chi connectivity index (χ1v) is 3.24. The Labute approximate surface area is 54.8 Å². The molecule has 1 aliphatic heterocycles. The lowest BCUT2D eigenvalue weighted by molar-refractivity contribution is -0.124. The number of amides is 1. The van der Waals surface area contributed by atoms with Crippen LogP contribution in [0.4, 0.5) is 0 Å². The van der Waals surface area contributed by atoms with Gasteiger partial charge in [-0.1, -0.05) is 0 Å². The second-order valence-corrected chi connectivity index (χ2v) is 2.53.